The van der Waals surface area contributed by atoms with E-state index in [1.54, 1.807) is 24.1 Å². The third-order valence-electron chi connectivity index (χ3n) is 7.85. The van der Waals surface area contributed by atoms with Crippen LogP contribution in [0.5, 0.6) is 0 Å². The highest BCUT2D eigenvalue weighted by atomic mass is 32.3. The van der Waals surface area contributed by atoms with Crippen molar-refractivity contribution in [2.24, 2.45) is 10.9 Å². The molecule has 1 fully saturated rings. The van der Waals surface area contributed by atoms with E-state index in [2.05, 4.69) is 57.0 Å². The molecule has 1 unspecified atom stereocenters. The van der Waals surface area contributed by atoms with E-state index in [-0.39, 0.29) is 5.82 Å². The number of nitrogens with two attached hydrogens (primary N) is 1. The number of rotatable bonds is 8. The molecule has 2 aromatic carbocycles. The van der Waals surface area contributed by atoms with Gasteiger partial charge in [0.25, 0.3) is 0 Å². The number of nitrogens with zero attached hydrogens (tertiary/aromatic N) is 3. The number of hydrogen-bond acceptors (Lipinski definition) is 8. The first-order valence-electron chi connectivity index (χ1n) is 13.8. The lowest BCUT2D eigenvalue weighted by Gasteiger charge is -2.42. The van der Waals surface area contributed by atoms with E-state index < -0.39 is 16.3 Å². The van der Waals surface area contributed by atoms with Crippen LogP contribution in [-0.4, -0.2) is 67.2 Å². The number of piperidine rings is 1. The van der Waals surface area contributed by atoms with E-state index in [0.29, 0.717) is 18.2 Å². The Morgan fingerprint density at radius 1 is 1.24 bits per heavy atom. The van der Waals surface area contributed by atoms with Crippen LogP contribution in [0, 0.1) is 5.82 Å². The summed E-state index contributed by atoms with van der Waals surface area (Å²) in [6.45, 7) is 2.44. The van der Waals surface area contributed by atoms with Crippen LogP contribution in [0.4, 0.5) is 10.1 Å². The molecule has 0 saturated carbocycles. The summed E-state index contributed by atoms with van der Waals surface area (Å²) in [5.41, 5.74) is 11.9. The molecule has 0 amide bonds. The fourth-order valence-electron chi connectivity index (χ4n) is 5.50. The molecule has 2 heterocycles. The Kier molecular flexibility index (Phi) is 8.87. The fourth-order valence-corrected chi connectivity index (χ4v) is 7.41. The molecular formula is C31H40FN5O2S2. The SMILES string of the molecule is CNCc1c(-c2ccc(F)cc2)oc2cc(N(C)S(C)(C)C)c([C@@H]3CCCN(SC4=CC=CC(N)/C4=N\O)C3)cc12. The summed E-state index contributed by atoms with van der Waals surface area (Å²) >= 11 is 1.62. The molecule has 0 bridgehead atoms. The lowest BCUT2D eigenvalue weighted by molar-refractivity contribution is 0.317. The third kappa shape index (κ3) is 6.22. The number of furan rings is 1. The molecule has 3 aromatic rings. The number of halogens is 1. The van der Waals surface area contributed by atoms with Crippen LogP contribution in [0.15, 0.2) is 69.1 Å². The van der Waals surface area contributed by atoms with Gasteiger partial charge in [0.1, 0.15) is 22.9 Å². The van der Waals surface area contributed by atoms with Gasteiger partial charge in [0.2, 0.25) is 0 Å². The topological polar surface area (TPSA) is 90.3 Å². The molecule has 7 nitrogen and oxygen atoms in total. The number of nitrogens with one attached hydrogen (secondary N) is 1. The molecule has 4 N–H and O–H groups in total. The van der Waals surface area contributed by atoms with E-state index in [1.165, 1.54) is 23.4 Å². The van der Waals surface area contributed by atoms with Gasteiger partial charge >= 0.3 is 0 Å². The van der Waals surface area contributed by atoms with E-state index in [9.17, 15) is 9.60 Å². The summed E-state index contributed by atoms with van der Waals surface area (Å²) < 4.78 is 25.0. The van der Waals surface area contributed by atoms with Crippen molar-refractivity contribution in [3.8, 4) is 11.3 Å². The zero-order chi connectivity index (χ0) is 29.3. The standard InChI is InChI=1S/C31H40FN5O2S2/c1-34-18-25-24-16-23(21-8-7-15-37(19-21)40-29-10-6-9-26(33)30(29)35-38)27(36(2)41(3,4)5)17-28(24)39-31(25)20-11-13-22(32)14-12-20/h6,9-14,16-17,21,26,34,38H,7-8,15,18-19,33H2,1-5H3/b35-30+/t21-,26?/m1/s1. The molecule has 1 aliphatic heterocycles. The van der Waals surface area contributed by atoms with E-state index >= 15 is 0 Å². The first kappa shape index (κ1) is 29.7. The minimum Gasteiger partial charge on any atom is -0.456 e. The van der Waals surface area contributed by atoms with Gasteiger partial charge in [0.05, 0.1) is 11.7 Å². The van der Waals surface area contributed by atoms with Crippen LogP contribution in [0.1, 0.15) is 29.9 Å². The van der Waals surface area contributed by atoms with Gasteiger partial charge in [-0.1, -0.05) is 17.3 Å². The zero-order valence-electron chi connectivity index (χ0n) is 24.4. The number of oxime groups is 1. The smallest absolute Gasteiger partial charge is 0.139 e. The van der Waals surface area contributed by atoms with Crippen LogP contribution in [0.2, 0.25) is 0 Å². The van der Waals surface area contributed by atoms with E-state index in [0.717, 1.165) is 58.7 Å². The summed E-state index contributed by atoms with van der Waals surface area (Å²) in [6.07, 6.45) is 14.7. The largest absolute Gasteiger partial charge is 0.456 e. The summed E-state index contributed by atoms with van der Waals surface area (Å²) in [4.78, 5) is 0.880. The van der Waals surface area contributed by atoms with Gasteiger partial charge in [0, 0.05) is 54.2 Å². The molecule has 2 aliphatic rings. The van der Waals surface area contributed by atoms with Crippen molar-refractivity contribution in [3.63, 3.8) is 0 Å². The maximum absolute atomic E-state index is 13.7. The van der Waals surface area contributed by atoms with Crippen LogP contribution < -0.4 is 15.4 Å². The molecule has 0 spiro atoms. The highest BCUT2D eigenvalue weighted by molar-refractivity contribution is 8.33. The average Bonchev–Trinajstić information content (AvgIpc) is 3.29. The Hall–Kier alpha value is -2.76. The maximum Gasteiger partial charge on any atom is 0.139 e. The Bertz CT molecular complexity index is 1490. The molecule has 1 aliphatic carbocycles. The quantitative estimate of drug-likeness (QED) is 0.156. The zero-order valence-corrected chi connectivity index (χ0v) is 26.0. The molecule has 10 heteroatoms. The molecule has 1 saturated heterocycles. The predicted molar refractivity (Wildman–Crippen MR) is 174 cm³/mol. The summed E-state index contributed by atoms with van der Waals surface area (Å²) in [5, 5.41) is 17.5. The number of hydrogen-bond donors (Lipinski definition) is 3. The highest BCUT2D eigenvalue weighted by Gasteiger charge is 2.30. The van der Waals surface area contributed by atoms with Crippen molar-refractivity contribution in [2.45, 2.75) is 31.3 Å². The normalized spacial score (nSPS) is 21.4. The summed E-state index contributed by atoms with van der Waals surface area (Å²) in [6, 6.07) is 10.6. The van der Waals surface area contributed by atoms with Crippen LogP contribution >= 0.6 is 22.2 Å². The lowest BCUT2D eigenvalue weighted by atomic mass is 9.89. The minimum atomic E-state index is -1.06. The molecule has 5 rings (SSSR count). The predicted octanol–water partition coefficient (Wildman–Crippen LogP) is 6.44. The summed E-state index contributed by atoms with van der Waals surface area (Å²) in [7, 11) is 3.05. The van der Waals surface area contributed by atoms with Crippen molar-refractivity contribution < 1.29 is 14.0 Å². The summed E-state index contributed by atoms with van der Waals surface area (Å²) in [5.74, 6) is 0.807. The monoisotopic (exact) mass is 597 g/mol. The molecule has 0 radical (unpaired) electrons. The highest BCUT2D eigenvalue weighted by Crippen LogP contribution is 2.48. The second kappa shape index (κ2) is 12.2. The minimum absolute atomic E-state index is 0.265. The second-order valence-electron chi connectivity index (χ2n) is 11.4. The maximum atomic E-state index is 13.7. The van der Waals surface area contributed by atoms with Crippen molar-refractivity contribution >= 4 is 44.5 Å². The van der Waals surface area contributed by atoms with Crippen LogP contribution in [0.25, 0.3) is 22.3 Å². The Balaban J connectivity index is 1.57. The van der Waals surface area contributed by atoms with Gasteiger partial charge in [-0.2, -0.15) is 10.2 Å². The first-order chi connectivity index (χ1) is 19.6. The molecule has 220 valence electrons. The molecule has 41 heavy (non-hydrogen) atoms. The van der Waals surface area contributed by atoms with Gasteiger partial charge < -0.3 is 25.0 Å². The van der Waals surface area contributed by atoms with Gasteiger partial charge in [-0.25, -0.2) is 8.70 Å². The Morgan fingerprint density at radius 3 is 2.68 bits per heavy atom. The van der Waals surface area contributed by atoms with Crippen LogP contribution in [-0.2, 0) is 6.54 Å². The Morgan fingerprint density at radius 2 is 2.00 bits per heavy atom. The van der Waals surface area contributed by atoms with Crippen molar-refractivity contribution in [3.05, 3.63) is 76.5 Å². The number of anilines is 1. The van der Waals surface area contributed by atoms with Gasteiger partial charge in [-0.3, -0.25) is 0 Å². The van der Waals surface area contributed by atoms with Crippen molar-refractivity contribution in [2.75, 3.05) is 50.3 Å². The molecule has 2 atom stereocenters. The fraction of sp³-hybridized carbons (Fsp3) is 0.387. The molecule has 1 aromatic heterocycles. The van der Waals surface area contributed by atoms with Gasteiger partial charge in [0.15, 0.2) is 0 Å². The van der Waals surface area contributed by atoms with Crippen LogP contribution in [0.3, 0.4) is 0 Å². The Labute approximate surface area is 247 Å². The van der Waals surface area contributed by atoms with Crippen molar-refractivity contribution in [1.82, 2.24) is 9.62 Å². The first-order valence-corrected chi connectivity index (χ1v) is 17.4. The van der Waals surface area contributed by atoms with Crippen molar-refractivity contribution in [1.29, 1.82) is 0 Å². The number of fused-ring (bicyclic) bond motifs is 1. The third-order valence-corrected chi connectivity index (χ3v) is 10.8. The second-order valence-corrected chi connectivity index (χ2v) is 16.6. The van der Waals surface area contributed by atoms with E-state index in [1.807, 2.05) is 25.3 Å². The number of benzene rings is 2. The van der Waals surface area contributed by atoms with E-state index in [4.69, 9.17) is 10.2 Å². The molecular weight excluding hydrogens is 558 g/mol. The van der Waals surface area contributed by atoms with Gasteiger partial charge in [-0.05, 0) is 98.5 Å². The number of allylic oxidation sites excluding steroid dienone is 2. The lowest BCUT2D eigenvalue weighted by Crippen LogP contribution is -2.34. The van der Waals surface area contributed by atoms with Gasteiger partial charge in [-0.15, -0.1) is 0 Å². The average molecular weight is 598 g/mol.